The number of carbonyl (C=O) groups excluding carboxylic acids is 1. The summed E-state index contributed by atoms with van der Waals surface area (Å²) in [5.41, 5.74) is 0.568. The van der Waals surface area contributed by atoms with Crippen molar-refractivity contribution in [2.24, 2.45) is 4.36 Å². The van der Waals surface area contributed by atoms with E-state index < -0.39 is 32.2 Å². The topological polar surface area (TPSA) is 85.4 Å². The highest BCUT2D eigenvalue weighted by Crippen LogP contribution is 2.22. The molecule has 1 amide bonds. The Balaban J connectivity index is 2.02. The number of aryl methyl sites for hydroxylation is 1. The maximum atomic E-state index is 13.9. The van der Waals surface area contributed by atoms with Crippen LogP contribution < -0.4 is 0 Å². The summed E-state index contributed by atoms with van der Waals surface area (Å²) in [4.78, 5) is 15.7. The standard InChI is InChI=1S/C17H13F2N3O3S/c1-10-20-16(21-25-10)11-5-3-6-12(9-11)17(23)22-26(2,24)15-13(18)7-4-8-14(15)19/h3-9H,1-2H3. The Labute approximate surface area is 148 Å². The second kappa shape index (κ2) is 6.75. The first-order chi connectivity index (χ1) is 12.3. The maximum Gasteiger partial charge on any atom is 0.285 e. The zero-order valence-corrected chi connectivity index (χ0v) is 14.6. The lowest BCUT2D eigenvalue weighted by atomic mass is 10.1. The summed E-state index contributed by atoms with van der Waals surface area (Å²) in [6.07, 6.45) is 1.01. The highest BCUT2D eigenvalue weighted by molar-refractivity contribution is 7.93. The van der Waals surface area contributed by atoms with Crippen LogP contribution in [0.2, 0.25) is 0 Å². The molecule has 0 bridgehead atoms. The van der Waals surface area contributed by atoms with E-state index in [1.165, 1.54) is 12.1 Å². The number of aromatic nitrogens is 2. The van der Waals surface area contributed by atoms with Gasteiger partial charge in [0, 0.05) is 24.3 Å². The monoisotopic (exact) mass is 377 g/mol. The van der Waals surface area contributed by atoms with Gasteiger partial charge >= 0.3 is 0 Å². The van der Waals surface area contributed by atoms with Crippen LogP contribution in [0.4, 0.5) is 8.78 Å². The van der Waals surface area contributed by atoms with Gasteiger partial charge in [0.15, 0.2) is 0 Å². The van der Waals surface area contributed by atoms with Crippen LogP contribution in [0.1, 0.15) is 16.2 Å². The fourth-order valence-electron chi connectivity index (χ4n) is 2.31. The third-order valence-electron chi connectivity index (χ3n) is 3.45. The Kier molecular flexibility index (Phi) is 4.64. The Morgan fingerprint density at radius 2 is 1.81 bits per heavy atom. The van der Waals surface area contributed by atoms with Crippen LogP contribution >= 0.6 is 0 Å². The van der Waals surface area contributed by atoms with Gasteiger partial charge in [-0.05, 0) is 24.3 Å². The average molecular weight is 377 g/mol. The Bertz CT molecular complexity index is 1100. The van der Waals surface area contributed by atoms with Crippen molar-refractivity contribution in [3.05, 3.63) is 65.6 Å². The van der Waals surface area contributed by atoms with Gasteiger partial charge in [0.1, 0.15) is 16.5 Å². The SMILES string of the molecule is Cc1nc(-c2cccc(C(=O)N=S(C)(=O)c3c(F)cccc3F)c2)no1. The zero-order chi connectivity index (χ0) is 18.9. The fourth-order valence-corrected chi connectivity index (χ4v) is 3.68. The maximum absolute atomic E-state index is 13.9. The molecule has 1 aromatic heterocycles. The molecule has 2 aromatic carbocycles. The third kappa shape index (κ3) is 3.52. The number of amides is 1. The fraction of sp³-hybridized carbons (Fsp3) is 0.118. The van der Waals surface area contributed by atoms with E-state index in [9.17, 15) is 17.8 Å². The molecule has 1 heterocycles. The van der Waals surface area contributed by atoms with Crippen LogP contribution in [0.25, 0.3) is 11.4 Å². The van der Waals surface area contributed by atoms with E-state index in [-0.39, 0.29) is 11.4 Å². The van der Waals surface area contributed by atoms with E-state index in [0.29, 0.717) is 11.5 Å². The average Bonchev–Trinajstić information content (AvgIpc) is 3.00. The number of hydrogen-bond acceptors (Lipinski definition) is 5. The lowest BCUT2D eigenvalue weighted by molar-refractivity contribution is 0.100. The first-order valence-electron chi connectivity index (χ1n) is 7.39. The van der Waals surface area contributed by atoms with Crippen molar-refractivity contribution in [2.45, 2.75) is 11.8 Å². The van der Waals surface area contributed by atoms with E-state index in [0.717, 1.165) is 24.5 Å². The van der Waals surface area contributed by atoms with E-state index in [2.05, 4.69) is 14.5 Å². The molecule has 3 rings (SSSR count). The predicted octanol–water partition coefficient (Wildman–Crippen LogP) is 3.62. The van der Waals surface area contributed by atoms with Crippen molar-refractivity contribution in [1.29, 1.82) is 0 Å². The molecule has 0 N–H and O–H groups in total. The predicted molar refractivity (Wildman–Crippen MR) is 89.9 cm³/mol. The molecule has 26 heavy (non-hydrogen) atoms. The smallest absolute Gasteiger partial charge is 0.285 e. The second-order valence-electron chi connectivity index (χ2n) is 5.47. The molecule has 3 aromatic rings. The molecule has 134 valence electrons. The van der Waals surface area contributed by atoms with Gasteiger partial charge in [0.25, 0.3) is 5.91 Å². The van der Waals surface area contributed by atoms with Crippen LogP contribution in [-0.2, 0) is 9.73 Å². The molecule has 0 saturated heterocycles. The van der Waals surface area contributed by atoms with Gasteiger partial charge in [-0.25, -0.2) is 13.0 Å². The van der Waals surface area contributed by atoms with Gasteiger partial charge in [0.05, 0.1) is 9.73 Å². The Hall–Kier alpha value is -2.94. The largest absolute Gasteiger partial charge is 0.339 e. The lowest BCUT2D eigenvalue weighted by Gasteiger charge is -2.07. The van der Waals surface area contributed by atoms with E-state index in [4.69, 9.17) is 4.52 Å². The van der Waals surface area contributed by atoms with Crippen molar-refractivity contribution in [3.8, 4) is 11.4 Å². The molecule has 0 radical (unpaired) electrons. The molecule has 9 heteroatoms. The molecule has 0 aliphatic rings. The molecule has 0 aliphatic carbocycles. The number of halogens is 2. The second-order valence-corrected chi connectivity index (χ2v) is 7.66. The van der Waals surface area contributed by atoms with Crippen LogP contribution in [0, 0.1) is 18.6 Å². The first-order valence-corrected chi connectivity index (χ1v) is 9.31. The van der Waals surface area contributed by atoms with Crippen LogP contribution in [0.5, 0.6) is 0 Å². The van der Waals surface area contributed by atoms with Gasteiger partial charge in [0.2, 0.25) is 11.7 Å². The minimum atomic E-state index is -3.62. The van der Waals surface area contributed by atoms with Gasteiger partial charge in [-0.1, -0.05) is 23.4 Å². The van der Waals surface area contributed by atoms with Gasteiger partial charge in [-0.3, -0.25) is 4.79 Å². The van der Waals surface area contributed by atoms with Crippen molar-refractivity contribution in [2.75, 3.05) is 6.26 Å². The third-order valence-corrected chi connectivity index (χ3v) is 5.11. The molecular weight excluding hydrogens is 364 g/mol. The molecule has 0 fully saturated rings. The number of rotatable bonds is 3. The summed E-state index contributed by atoms with van der Waals surface area (Å²) in [6.45, 7) is 1.62. The van der Waals surface area contributed by atoms with Gasteiger partial charge in [-0.2, -0.15) is 9.35 Å². The summed E-state index contributed by atoms with van der Waals surface area (Å²) in [5.74, 6) is -2.29. The van der Waals surface area contributed by atoms with Gasteiger partial charge in [-0.15, -0.1) is 0 Å². The highest BCUT2D eigenvalue weighted by atomic mass is 32.2. The van der Waals surface area contributed by atoms with E-state index in [1.807, 2.05) is 0 Å². The number of benzene rings is 2. The molecule has 0 spiro atoms. The van der Waals surface area contributed by atoms with Crippen molar-refractivity contribution in [1.82, 2.24) is 10.1 Å². The molecule has 1 unspecified atom stereocenters. The Morgan fingerprint density at radius 1 is 1.15 bits per heavy atom. The molecule has 0 saturated carbocycles. The number of carbonyl (C=O) groups is 1. The Morgan fingerprint density at radius 3 is 2.42 bits per heavy atom. The van der Waals surface area contributed by atoms with E-state index in [1.54, 1.807) is 19.1 Å². The van der Waals surface area contributed by atoms with Crippen molar-refractivity contribution >= 4 is 15.6 Å². The molecule has 0 aliphatic heterocycles. The summed E-state index contributed by atoms with van der Waals surface area (Å²) in [7, 11) is -3.62. The van der Waals surface area contributed by atoms with Crippen molar-refractivity contribution < 1.29 is 22.3 Å². The number of nitrogens with zero attached hydrogens (tertiary/aromatic N) is 3. The van der Waals surface area contributed by atoms with Gasteiger partial charge < -0.3 is 4.52 Å². The first kappa shape index (κ1) is 17.9. The minimum absolute atomic E-state index is 0.0799. The quantitative estimate of drug-likeness (QED) is 0.696. The normalized spacial score (nSPS) is 13.2. The highest BCUT2D eigenvalue weighted by Gasteiger charge is 2.20. The van der Waals surface area contributed by atoms with Crippen LogP contribution in [0.15, 0.2) is 56.2 Å². The van der Waals surface area contributed by atoms with Crippen LogP contribution in [-0.4, -0.2) is 26.5 Å². The van der Waals surface area contributed by atoms with Crippen molar-refractivity contribution in [3.63, 3.8) is 0 Å². The molecule has 1 atom stereocenters. The molecular formula is C17H13F2N3O3S. The summed E-state index contributed by atoms with van der Waals surface area (Å²) in [5, 5.41) is 3.75. The number of hydrogen-bond donors (Lipinski definition) is 0. The summed E-state index contributed by atoms with van der Waals surface area (Å²) in [6, 6.07) is 9.15. The summed E-state index contributed by atoms with van der Waals surface area (Å²) < 4.78 is 48.8. The van der Waals surface area contributed by atoms with Crippen LogP contribution in [0.3, 0.4) is 0 Å². The molecule has 6 nitrogen and oxygen atoms in total. The van der Waals surface area contributed by atoms with E-state index >= 15 is 0 Å². The lowest BCUT2D eigenvalue weighted by Crippen LogP contribution is -2.08. The zero-order valence-electron chi connectivity index (χ0n) is 13.8. The summed E-state index contributed by atoms with van der Waals surface area (Å²) >= 11 is 0. The minimum Gasteiger partial charge on any atom is -0.339 e.